The lowest BCUT2D eigenvalue weighted by atomic mass is 9.33. The first-order valence-corrected chi connectivity index (χ1v) is 50.1. The van der Waals surface area contributed by atoms with Gasteiger partial charge in [-0.2, -0.15) is 0 Å². The maximum absolute atomic E-state index is 10.7. The average Bonchev–Trinajstić information content (AvgIpc) is 1.33. The van der Waals surface area contributed by atoms with Crippen molar-refractivity contribution in [1.29, 1.82) is 0 Å². The van der Waals surface area contributed by atoms with Crippen molar-refractivity contribution in [2.24, 2.45) is 0 Å². The van der Waals surface area contributed by atoms with Crippen molar-refractivity contribution in [1.82, 2.24) is 9.13 Å². The van der Waals surface area contributed by atoms with Gasteiger partial charge < -0.3 is 18.9 Å². The number of nitrogens with zero attached hydrogens (tertiary/aromatic N) is 4. The number of aromatic nitrogens is 2. The number of hydrogen-bond donors (Lipinski definition) is 0. The number of benzene rings is 14. The molecule has 0 N–H and O–H groups in total. The van der Waals surface area contributed by atoms with Gasteiger partial charge in [-0.25, -0.2) is 0 Å². The van der Waals surface area contributed by atoms with Crippen LogP contribution in [0.1, 0.15) is 327 Å². The third kappa shape index (κ3) is 17.4. The second-order valence-corrected chi connectivity index (χ2v) is 52.5. The van der Waals surface area contributed by atoms with Crippen molar-refractivity contribution in [3.8, 4) is 67.0 Å². The van der Waals surface area contributed by atoms with Crippen LogP contribution in [0.2, 0.25) is 0 Å². The second kappa shape index (κ2) is 32.5. The van der Waals surface area contributed by atoms with Crippen molar-refractivity contribution in [2.45, 2.75) is 314 Å². The number of rotatable bonds is 9. The minimum atomic E-state index is -0.620. The SMILES string of the molecule is [2H]c1c([2H])c([2H])c2c(c1[2H])c1c([2H])c([2H])c([2H])c([2H])c1n2-c1cc2c3c(c1)N(c1c(-c4ccc(C(C)(C)C)cc4)cc(C(C)(C)C)cc1-c1cc(C(C)(C)C)ccc1C(C)(C)C)c1cc(-c4cc(C(C)(C)C)cc(C(C)(C)C)c4)ccc1B3c1ccc(-n3c4ccc(C(C)(C)C)cc4c4cc(C(C)(C)C)ccc43)cc1N2c1c(-c2ccc(C(C)(C)C)cc2)cc(C(C)(C)C)cc1-c1cc(C(C)(C)C)cc(C(C)(C)C)c1. The fourth-order valence-electron chi connectivity index (χ4n) is 20.8. The van der Waals surface area contributed by atoms with Gasteiger partial charge in [0, 0.05) is 72.2 Å². The molecule has 2 aromatic heterocycles. The van der Waals surface area contributed by atoms with E-state index in [1.165, 1.54) is 50.1 Å². The van der Waals surface area contributed by atoms with Crippen LogP contribution in [0.25, 0.3) is 111 Å². The van der Waals surface area contributed by atoms with Gasteiger partial charge in [0.05, 0.1) is 50.1 Å². The normalized spacial score (nSPS) is 14.8. The van der Waals surface area contributed by atoms with Crippen LogP contribution in [0.3, 0.4) is 0 Å². The molecular weight excluding hydrogens is 1650 g/mol. The van der Waals surface area contributed by atoms with E-state index in [2.05, 4.69) is 476 Å². The van der Waals surface area contributed by atoms with E-state index >= 15 is 0 Å². The Morgan fingerprint density at radius 1 is 0.204 bits per heavy atom. The first kappa shape index (κ1) is 85.7. The van der Waals surface area contributed by atoms with Crippen LogP contribution in [-0.4, -0.2) is 15.8 Å². The van der Waals surface area contributed by atoms with Crippen molar-refractivity contribution in [3.63, 3.8) is 0 Å². The highest BCUT2D eigenvalue weighted by molar-refractivity contribution is 7.00. The molecule has 2 aliphatic rings. The Morgan fingerprint density at radius 2 is 0.511 bits per heavy atom. The maximum atomic E-state index is 10.7. The second-order valence-electron chi connectivity index (χ2n) is 52.5. The molecule has 0 fully saturated rings. The molecule has 16 aromatic rings. The van der Waals surface area contributed by atoms with E-state index in [0.717, 1.165) is 150 Å². The van der Waals surface area contributed by atoms with Crippen molar-refractivity contribution in [2.75, 3.05) is 9.80 Å². The molecule has 5 heteroatoms. The van der Waals surface area contributed by atoms with Gasteiger partial charge in [-0.05, 0) is 272 Å². The van der Waals surface area contributed by atoms with E-state index in [9.17, 15) is 11.0 Å². The van der Waals surface area contributed by atoms with Gasteiger partial charge in [0.1, 0.15) is 0 Å². The van der Waals surface area contributed by atoms with Crippen LogP contribution in [0.4, 0.5) is 34.1 Å². The lowest BCUT2D eigenvalue weighted by Crippen LogP contribution is -2.61. The van der Waals surface area contributed by atoms with Gasteiger partial charge in [0.25, 0.3) is 6.71 Å². The zero-order chi connectivity index (χ0) is 106. The molecule has 137 heavy (non-hydrogen) atoms. The van der Waals surface area contributed by atoms with Gasteiger partial charge in [-0.3, -0.25) is 0 Å². The van der Waals surface area contributed by atoms with Gasteiger partial charge >= 0.3 is 0 Å². The lowest BCUT2D eigenvalue weighted by molar-refractivity contribution is 0.568. The molecule has 0 radical (unpaired) electrons. The fraction of sp³-hybridized carbons (Fsp3) is 0.364. The van der Waals surface area contributed by atoms with Crippen LogP contribution in [0, 0.1) is 0 Å². The topological polar surface area (TPSA) is 16.3 Å². The Morgan fingerprint density at radius 3 is 0.912 bits per heavy atom. The lowest BCUT2D eigenvalue weighted by Gasteiger charge is -2.46. The number of para-hydroxylation sites is 2. The first-order valence-electron chi connectivity index (χ1n) is 54.1. The molecule has 4 nitrogen and oxygen atoms in total. The first-order chi connectivity index (χ1) is 66.8. The average molecular weight is 1810 g/mol. The Balaban J connectivity index is 1.17. The quantitative estimate of drug-likeness (QED) is 0.134. The summed E-state index contributed by atoms with van der Waals surface area (Å²) in [5, 5.41) is 2.28. The maximum Gasteiger partial charge on any atom is 0.252 e. The number of hydrogen-bond acceptors (Lipinski definition) is 2. The van der Waals surface area contributed by atoms with E-state index in [4.69, 9.17) is 0 Å². The summed E-state index contributed by atoms with van der Waals surface area (Å²) in [6.45, 7) is 82.6. The Bertz CT molecular complexity index is 7830. The van der Waals surface area contributed by atoms with Crippen molar-refractivity contribution in [3.05, 3.63) is 327 Å². The predicted molar refractivity (Wildman–Crippen MR) is 601 cm³/mol. The minimum absolute atomic E-state index is 0.0117. The van der Waals surface area contributed by atoms with Crippen LogP contribution in [0.15, 0.2) is 261 Å². The Hall–Kier alpha value is -11.7. The highest BCUT2D eigenvalue weighted by atomic mass is 15.2. The molecule has 18 rings (SSSR count). The summed E-state index contributed by atoms with van der Waals surface area (Å²) in [4.78, 5) is 5.20. The molecule has 14 aromatic carbocycles. The molecule has 2 aliphatic heterocycles. The van der Waals surface area contributed by atoms with Crippen molar-refractivity contribution >= 4 is 101 Å². The third-order valence-electron chi connectivity index (χ3n) is 29.6. The fourth-order valence-corrected chi connectivity index (χ4v) is 20.8. The summed E-state index contributed by atoms with van der Waals surface area (Å²) in [6, 6.07) is 79.9. The van der Waals surface area contributed by atoms with Crippen LogP contribution in [-0.2, 0) is 65.0 Å². The molecule has 0 spiro atoms. The summed E-state index contributed by atoms with van der Waals surface area (Å²) < 4.78 is 85.8. The van der Waals surface area contributed by atoms with E-state index in [0.29, 0.717) is 5.69 Å². The Labute approximate surface area is 834 Å². The molecule has 0 amide bonds. The predicted octanol–water partition coefficient (Wildman–Crippen LogP) is 35.9. The number of anilines is 6. The van der Waals surface area contributed by atoms with Gasteiger partial charge in [-0.1, -0.05) is 419 Å². The zero-order valence-electron chi connectivity index (χ0n) is 97.1. The van der Waals surface area contributed by atoms with Gasteiger partial charge in [0.15, 0.2) is 0 Å². The van der Waals surface area contributed by atoms with Gasteiger partial charge in [-0.15, -0.1) is 0 Å². The van der Waals surface area contributed by atoms with Crippen LogP contribution >= 0.6 is 0 Å². The summed E-state index contributed by atoms with van der Waals surface area (Å²) >= 11 is 0. The van der Waals surface area contributed by atoms with E-state index < -0.39 is 71.3 Å². The molecule has 0 bridgehead atoms. The molecular formula is C132H151BN4. The number of fused-ring (bicyclic) bond motifs is 10. The van der Waals surface area contributed by atoms with Crippen LogP contribution < -0.4 is 26.2 Å². The highest BCUT2D eigenvalue weighted by Gasteiger charge is 2.48. The smallest absolute Gasteiger partial charge is 0.252 e. The van der Waals surface area contributed by atoms with E-state index in [-0.39, 0.29) is 70.5 Å². The third-order valence-corrected chi connectivity index (χ3v) is 29.6. The molecule has 0 atom stereocenters. The molecule has 0 unspecified atom stereocenters. The molecule has 0 saturated carbocycles. The summed E-state index contributed by atoms with van der Waals surface area (Å²) in [5.41, 5.74) is 32.2. The molecule has 0 saturated heterocycles. The summed E-state index contributed by atoms with van der Waals surface area (Å²) in [5.74, 6) is 0. The molecule has 0 aliphatic carbocycles. The highest BCUT2D eigenvalue weighted by Crippen LogP contribution is 2.58. The minimum Gasteiger partial charge on any atom is -0.310 e. The van der Waals surface area contributed by atoms with E-state index in [1.807, 2.05) is 0 Å². The van der Waals surface area contributed by atoms with E-state index in [1.54, 1.807) is 4.57 Å². The monoisotopic (exact) mass is 1810 g/mol. The summed E-state index contributed by atoms with van der Waals surface area (Å²) in [7, 11) is 0. The standard InChI is InChI=1S/C132H151BN4/c1-121(2,3)85-50-45-80(46-51-85)100-73-94(130(28,29)30)75-102(84-65-92(128(22,23)24)69-93(66-84)129(25,26)27)119(100)137-115-77-96(134-112-61-55-88(124(10,11)12)71-104(112)105-72-89(125(13,14)15)56-62-113(105)134)57-60-109(115)133-108-59-49-82(83-63-90(126(16,17)18)68-91(64-83)127(19,20)21)67-114(108)136(116-78-97(79-117(137)118(116)133)135-110-43-39-37-41-98(110)99-42-38-40-44-111(99)135)120-101(81-47-52-86(53-48-81)122(4,5)6)74-95(131(31,32)33)76-106(120)103-70-87(123(7,8)9)54-58-107(103)132(34,35)36/h37-79H,1-36H3/i37D,38D,39D,40D,41D,42D,43D,44D. The zero-order valence-corrected chi connectivity index (χ0v) is 89.1. The Kier molecular flexibility index (Phi) is 20.3. The van der Waals surface area contributed by atoms with Crippen molar-refractivity contribution < 1.29 is 11.0 Å². The largest absolute Gasteiger partial charge is 0.310 e. The van der Waals surface area contributed by atoms with Gasteiger partial charge in [0.2, 0.25) is 0 Å². The molecule has 702 valence electrons. The van der Waals surface area contributed by atoms with Crippen LogP contribution in [0.5, 0.6) is 0 Å². The summed E-state index contributed by atoms with van der Waals surface area (Å²) in [6.07, 6.45) is 0. The molecule has 4 heterocycles.